The zero-order valence-corrected chi connectivity index (χ0v) is 13.5. The van der Waals surface area contributed by atoms with Gasteiger partial charge in [-0.25, -0.2) is 0 Å². The van der Waals surface area contributed by atoms with Crippen LogP contribution in [-0.2, 0) is 11.0 Å². The maximum absolute atomic E-state index is 13.1. The summed E-state index contributed by atoms with van der Waals surface area (Å²) in [5.74, 6) is -0.906. The minimum absolute atomic E-state index is 0.0875. The highest BCUT2D eigenvalue weighted by Gasteiger charge is 2.33. The van der Waals surface area contributed by atoms with Crippen molar-refractivity contribution in [2.45, 2.75) is 38.4 Å². The molecule has 0 unspecified atom stereocenters. The summed E-state index contributed by atoms with van der Waals surface area (Å²) >= 11 is 0. The van der Waals surface area contributed by atoms with Crippen LogP contribution < -0.4 is 16.0 Å². The van der Waals surface area contributed by atoms with Gasteiger partial charge in [0.1, 0.15) is 0 Å². The summed E-state index contributed by atoms with van der Waals surface area (Å²) in [6, 6.07) is 2.98. The van der Waals surface area contributed by atoms with Gasteiger partial charge in [0.05, 0.1) is 5.56 Å². The number of amides is 2. The average Bonchev–Trinajstić information content (AvgIpc) is 2.88. The van der Waals surface area contributed by atoms with Crippen LogP contribution in [0.2, 0.25) is 0 Å². The molecule has 1 aliphatic heterocycles. The highest BCUT2D eigenvalue weighted by Crippen LogP contribution is 2.34. The smallest absolute Gasteiger partial charge is 0.350 e. The molecule has 1 fully saturated rings. The van der Waals surface area contributed by atoms with Crippen molar-refractivity contribution in [3.05, 3.63) is 29.3 Å². The summed E-state index contributed by atoms with van der Waals surface area (Å²) < 4.78 is 39.3. The van der Waals surface area contributed by atoms with E-state index in [-0.39, 0.29) is 23.7 Å². The van der Waals surface area contributed by atoms with E-state index in [4.69, 9.17) is 5.73 Å². The van der Waals surface area contributed by atoms with E-state index >= 15 is 0 Å². The van der Waals surface area contributed by atoms with Crippen molar-refractivity contribution in [3.63, 3.8) is 0 Å². The first-order chi connectivity index (χ1) is 11.0. The second-order valence-corrected chi connectivity index (χ2v) is 6.59. The van der Waals surface area contributed by atoms with Crippen LogP contribution in [0.15, 0.2) is 18.2 Å². The Balaban J connectivity index is 2.36. The molecule has 0 bridgehead atoms. The summed E-state index contributed by atoms with van der Waals surface area (Å²) in [4.78, 5) is 25.3. The number of carbonyl (C=O) groups is 2. The number of hydrogen-bond acceptors (Lipinski definition) is 3. The van der Waals surface area contributed by atoms with Crippen molar-refractivity contribution < 1.29 is 22.8 Å². The van der Waals surface area contributed by atoms with Gasteiger partial charge in [0.25, 0.3) is 5.91 Å². The van der Waals surface area contributed by atoms with Crippen LogP contribution in [0.1, 0.15) is 42.6 Å². The summed E-state index contributed by atoms with van der Waals surface area (Å²) in [5.41, 5.74) is 4.05. The fourth-order valence-electron chi connectivity index (χ4n) is 2.39. The number of carbonyl (C=O) groups excluding carboxylic acids is 2. The molecule has 0 radical (unpaired) electrons. The fraction of sp³-hybridized carbons (Fsp3) is 0.500. The SMILES string of the molecule is CC(C)(N)CNC(=O)c1cc(N2CCCC2=O)cc(C(F)(F)F)c1. The molecule has 0 aliphatic carbocycles. The van der Waals surface area contributed by atoms with E-state index in [2.05, 4.69) is 5.32 Å². The molecule has 0 atom stereocenters. The topological polar surface area (TPSA) is 75.4 Å². The first-order valence-corrected chi connectivity index (χ1v) is 7.57. The average molecular weight is 343 g/mol. The molecule has 8 heteroatoms. The summed E-state index contributed by atoms with van der Waals surface area (Å²) in [7, 11) is 0. The molecule has 132 valence electrons. The number of hydrogen-bond donors (Lipinski definition) is 2. The Hall–Kier alpha value is -2.09. The minimum atomic E-state index is -4.61. The predicted molar refractivity (Wildman–Crippen MR) is 83.6 cm³/mol. The third kappa shape index (κ3) is 4.47. The number of alkyl halides is 3. The van der Waals surface area contributed by atoms with E-state index in [9.17, 15) is 22.8 Å². The number of halogens is 3. The molecule has 2 amide bonds. The van der Waals surface area contributed by atoms with Gasteiger partial charge in [-0.1, -0.05) is 0 Å². The van der Waals surface area contributed by atoms with Crippen molar-refractivity contribution in [1.29, 1.82) is 0 Å². The molecule has 1 aliphatic rings. The van der Waals surface area contributed by atoms with Gasteiger partial charge >= 0.3 is 6.18 Å². The van der Waals surface area contributed by atoms with Crippen LogP contribution in [0.5, 0.6) is 0 Å². The molecule has 2 rings (SSSR count). The number of nitrogens with one attached hydrogen (secondary N) is 1. The predicted octanol–water partition coefficient (Wildman–Crippen LogP) is 2.30. The number of nitrogens with zero attached hydrogens (tertiary/aromatic N) is 1. The second-order valence-electron chi connectivity index (χ2n) is 6.59. The maximum atomic E-state index is 13.1. The first kappa shape index (κ1) is 18.3. The molecule has 1 saturated heterocycles. The number of nitrogens with two attached hydrogens (primary N) is 1. The molecule has 0 saturated carbocycles. The molecule has 1 aromatic rings. The van der Waals surface area contributed by atoms with Gasteiger partial charge in [-0.05, 0) is 38.5 Å². The lowest BCUT2D eigenvalue weighted by Gasteiger charge is -2.21. The van der Waals surface area contributed by atoms with Gasteiger partial charge in [0.2, 0.25) is 5.91 Å². The zero-order chi connectivity index (χ0) is 18.1. The quantitative estimate of drug-likeness (QED) is 0.881. The number of benzene rings is 1. The molecule has 0 spiro atoms. The molecular formula is C16H20F3N3O2. The van der Waals surface area contributed by atoms with Crippen molar-refractivity contribution in [2.75, 3.05) is 18.0 Å². The van der Waals surface area contributed by atoms with Crippen LogP contribution >= 0.6 is 0 Å². The monoisotopic (exact) mass is 343 g/mol. The second kappa shape index (κ2) is 6.43. The van der Waals surface area contributed by atoms with Gasteiger partial charge in [-0.2, -0.15) is 13.2 Å². The molecule has 3 N–H and O–H groups in total. The summed E-state index contributed by atoms with van der Waals surface area (Å²) in [6.07, 6.45) is -3.74. The van der Waals surface area contributed by atoms with Crippen LogP contribution in [0, 0.1) is 0 Å². The Morgan fingerprint density at radius 1 is 1.29 bits per heavy atom. The molecule has 0 aromatic heterocycles. The molecule has 1 aromatic carbocycles. The van der Waals surface area contributed by atoms with Crippen molar-refractivity contribution in [3.8, 4) is 0 Å². The highest BCUT2D eigenvalue weighted by atomic mass is 19.4. The molecule has 24 heavy (non-hydrogen) atoms. The Labute approximate surface area is 138 Å². The largest absolute Gasteiger partial charge is 0.416 e. The lowest BCUT2D eigenvalue weighted by Crippen LogP contribution is -2.45. The van der Waals surface area contributed by atoms with E-state index in [0.29, 0.717) is 19.4 Å². The standard InChI is InChI=1S/C16H20F3N3O2/c1-15(2,20)9-21-14(24)10-6-11(16(17,18)19)8-12(7-10)22-5-3-4-13(22)23/h6-8H,3-5,9,20H2,1-2H3,(H,21,24). The van der Waals surface area contributed by atoms with Crippen molar-refractivity contribution in [1.82, 2.24) is 5.32 Å². The molecule has 5 nitrogen and oxygen atoms in total. The van der Waals surface area contributed by atoms with Gasteiger partial charge in [-0.3, -0.25) is 9.59 Å². The molecular weight excluding hydrogens is 323 g/mol. The van der Waals surface area contributed by atoms with E-state index < -0.39 is 23.2 Å². The third-order valence-corrected chi connectivity index (χ3v) is 3.60. The van der Waals surface area contributed by atoms with Crippen LogP contribution in [0.4, 0.5) is 18.9 Å². The number of rotatable bonds is 4. The Bertz CT molecular complexity index is 651. The lowest BCUT2D eigenvalue weighted by molar-refractivity contribution is -0.137. The van der Waals surface area contributed by atoms with Crippen LogP contribution in [0.25, 0.3) is 0 Å². The fourth-order valence-corrected chi connectivity index (χ4v) is 2.39. The Kier molecular flexibility index (Phi) is 4.89. The van der Waals surface area contributed by atoms with Crippen molar-refractivity contribution in [2.24, 2.45) is 5.73 Å². The zero-order valence-electron chi connectivity index (χ0n) is 13.5. The van der Waals surface area contributed by atoms with Gasteiger partial charge in [0.15, 0.2) is 0 Å². The maximum Gasteiger partial charge on any atom is 0.416 e. The minimum Gasteiger partial charge on any atom is -0.350 e. The van der Waals surface area contributed by atoms with Gasteiger partial charge in [-0.15, -0.1) is 0 Å². The highest BCUT2D eigenvalue weighted by molar-refractivity contribution is 5.99. The van der Waals surface area contributed by atoms with Gasteiger partial charge < -0.3 is 16.0 Å². The van der Waals surface area contributed by atoms with E-state index in [1.165, 1.54) is 11.0 Å². The van der Waals surface area contributed by atoms with Crippen LogP contribution in [0.3, 0.4) is 0 Å². The normalized spacial score (nSPS) is 15.8. The van der Waals surface area contributed by atoms with E-state index in [1.807, 2.05) is 0 Å². The molecule has 1 heterocycles. The summed E-state index contributed by atoms with van der Waals surface area (Å²) in [5, 5.41) is 2.51. The third-order valence-electron chi connectivity index (χ3n) is 3.60. The van der Waals surface area contributed by atoms with E-state index in [0.717, 1.165) is 12.1 Å². The van der Waals surface area contributed by atoms with Crippen LogP contribution in [-0.4, -0.2) is 30.4 Å². The van der Waals surface area contributed by atoms with Crippen molar-refractivity contribution >= 4 is 17.5 Å². The Morgan fingerprint density at radius 3 is 2.46 bits per heavy atom. The van der Waals surface area contributed by atoms with Gasteiger partial charge in [0, 0.05) is 36.3 Å². The summed E-state index contributed by atoms with van der Waals surface area (Å²) in [6.45, 7) is 3.83. The van der Waals surface area contributed by atoms with E-state index in [1.54, 1.807) is 13.8 Å². The first-order valence-electron chi connectivity index (χ1n) is 7.57. The Morgan fingerprint density at radius 2 is 1.96 bits per heavy atom. The number of anilines is 1. The lowest BCUT2D eigenvalue weighted by atomic mass is 10.1.